The predicted molar refractivity (Wildman–Crippen MR) is 76.6 cm³/mol. The first-order valence-electron chi connectivity index (χ1n) is 6.37. The highest BCUT2D eigenvalue weighted by Crippen LogP contribution is 2.34. The number of halogens is 1. The van der Waals surface area contributed by atoms with Gasteiger partial charge in [0.2, 0.25) is 0 Å². The second kappa shape index (κ2) is 6.88. The number of ether oxygens (including phenoxy) is 1. The minimum Gasteiger partial charge on any atom is -0.381 e. The van der Waals surface area contributed by atoms with E-state index in [1.54, 1.807) is 0 Å². The van der Waals surface area contributed by atoms with Crippen LogP contribution in [-0.4, -0.2) is 19.8 Å². The Labute approximate surface area is 116 Å². The van der Waals surface area contributed by atoms with Gasteiger partial charge in [-0.2, -0.15) is 0 Å². The number of nitrogens with one attached hydrogen (secondary N) is 1. The van der Waals surface area contributed by atoms with Gasteiger partial charge >= 0.3 is 0 Å². The van der Waals surface area contributed by atoms with Crippen LogP contribution >= 0.6 is 27.3 Å². The third kappa shape index (κ3) is 3.78. The van der Waals surface area contributed by atoms with Crippen LogP contribution in [-0.2, 0) is 4.74 Å². The van der Waals surface area contributed by atoms with Crippen LogP contribution in [0.5, 0.6) is 0 Å². The molecule has 0 amide bonds. The number of hydrogen-bond donors (Lipinski definition) is 1. The molecular weight excluding hydrogens is 298 g/mol. The van der Waals surface area contributed by atoms with Gasteiger partial charge in [-0.25, -0.2) is 0 Å². The molecule has 0 spiro atoms. The molecule has 2 rings (SSSR count). The highest BCUT2D eigenvalue weighted by Gasteiger charge is 2.26. The monoisotopic (exact) mass is 317 g/mol. The van der Waals surface area contributed by atoms with Crippen LogP contribution in [0.1, 0.15) is 37.1 Å². The molecule has 1 aromatic heterocycles. The van der Waals surface area contributed by atoms with Gasteiger partial charge in [-0.1, -0.05) is 6.92 Å². The molecule has 0 saturated carbocycles. The quantitative estimate of drug-likeness (QED) is 0.887. The second-order valence-corrected chi connectivity index (χ2v) is 7.05. The molecule has 2 atom stereocenters. The van der Waals surface area contributed by atoms with E-state index in [2.05, 4.69) is 40.3 Å². The van der Waals surface area contributed by atoms with Crippen LogP contribution in [0.25, 0.3) is 0 Å². The molecule has 0 aliphatic carbocycles. The molecule has 1 aliphatic heterocycles. The molecule has 1 aromatic rings. The molecular formula is C13H20BrNOS. The van der Waals surface area contributed by atoms with E-state index in [0.717, 1.165) is 19.8 Å². The fraction of sp³-hybridized carbons (Fsp3) is 0.692. The summed E-state index contributed by atoms with van der Waals surface area (Å²) in [5.41, 5.74) is 0. The first-order chi connectivity index (χ1) is 8.31. The van der Waals surface area contributed by atoms with Crippen molar-refractivity contribution in [2.24, 2.45) is 5.92 Å². The van der Waals surface area contributed by atoms with Gasteiger partial charge in [0.1, 0.15) is 0 Å². The molecule has 4 heteroatoms. The van der Waals surface area contributed by atoms with Crippen molar-refractivity contribution in [1.82, 2.24) is 5.32 Å². The van der Waals surface area contributed by atoms with Crippen molar-refractivity contribution < 1.29 is 4.74 Å². The summed E-state index contributed by atoms with van der Waals surface area (Å²) < 4.78 is 6.84. The van der Waals surface area contributed by atoms with E-state index < -0.39 is 0 Å². The van der Waals surface area contributed by atoms with E-state index in [4.69, 9.17) is 4.74 Å². The molecule has 2 unspecified atom stereocenters. The molecule has 0 bridgehead atoms. The molecule has 1 N–H and O–H groups in total. The Bertz CT molecular complexity index is 336. The van der Waals surface area contributed by atoms with Gasteiger partial charge in [0, 0.05) is 23.4 Å². The van der Waals surface area contributed by atoms with E-state index in [9.17, 15) is 0 Å². The zero-order chi connectivity index (χ0) is 12.1. The average Bonchev–Trinajstić information content (AvgIpc) is 2.78. The topological polar surface area (TPSA) is 21.3 Å². The highest BCUT2D eigenvalue weighted by molar-refractivity contribution is 9.11. The van der Waals surface area contributed by atoms with Crippen molar-refractivity contribution in [3.05, 3.63) is 20.8 Å². The van der Waals surface area contributed by atoms with Crippen molar-refractivity contribution >= 4 is 27.3 Å². The zero-order valence-electron chi connectivity index (χ0n) is 10.2. The lowest BCUT2D eigenvalue weighted by molar-refractivity contribution is 0.0396. The Balaban J connectivity index is 2.06. The van der Waals surface area contributed by atoms with E-state index in [-0.39, 0.29) is 0 Å². The summed E-state index contributed by atoms with van der Waals surface area (Å²) in [6, 6.07) is 4.84. The van der Waals surface area contributed by atoms with Crippen LogP contribution in [0.3, 0.4) is 0 Å². The van der Waals surface area contributed by atoms with Crippen LogP contribution in [0, 0.1) is 5.92 Å². The van der Waals surface area contributed by atoms with Crippen molar-refractivity contribution in [1.29, 1.82) is 0 Å². The van der Waals surface area contributed by atoms with Gasteiger partial charge in [0.05, 0.1) is 10.4 Å². The number of thiophene rings is 1. The summed E-state index contributed by atoms with van der Waals surface area (Å²) in [6.45, 7) is 5.13. The van der Waals surface area contributed by atoms with E-state index in [1.807, 2.05) is 11.3 Å². The van der Waals surface area contributed by atoms with E-state index >= 15 is 0 Å². The summed E-state index contributed by atoms with van der Waals surface area (Å²) in [5.74, 6) is 0.626. The molecule has 1 aliphatic rings. The molecule has 2 heterocycles. The summed E-state index contributed by atoms with van der Waals surface area (Å²) in [6.07, 6.45) is 3.65. The Kier molecular flexibility index (Phi) is 5.48. The van der Waals surface area contributed by atoms with Crippen molar-refractivity contribution in [2.45, 2.75) is 32.2 Å². The van der Waals surface area contributed by atoms with Crippen LogP contribution in [0.15, 0.2) is 15.9 Å². The Morgan fingerprint density at radius 2 is 2.47 bits per heavy atom. The maximum Gasteiger partial charge on any atom is 0.0701 e. The van der Waals surface area contributed by atoms with Gasteiger partial charge in [0.25, 0.3) is 0 Å². The Morgan fingerprint density at radius 1 is 1.59 bits per heavy atom. The van der Waals surface area contributed by atoms with Crippen molar-refractivity contribution in [3.63, 3.8) is 0 Å². The highest BCUT2D eigenvalue weighted by atomic mass is 79.9. The summed E-state index contributed by atoms with van der Waals surface area (Å²) in [7, 11) is 0. The summed E-state index contributed by atoms with van der Waals surface area (Å²) in [5, 5.41) is 3.68. The fourth-order valence-corrected chi connectivity index (χ4v) is 3.92. The molecule has 0 radical (unpaired) electrons. The van der Waals surface area contributed by atoms with Crippen molar-refractivity contribution in [2.75, 3.05) is 19.8 Å². The third-order valence-corrected chi connectivity index (χ3v) is 4.89. The normalized spacial score (nSPS) is 22.6. The van der Waals surface area contributed by atoms with Crippen LogP contribution in [0.4, 0.5) is 0 Å². The molecule has 0 aromatic carbocycles. The number of hydrogen-bond acceptors (Lipinski definition) is 3. The van der Waals surface area contributed by atoms with Gasteiger partial charge in [-0.05, 0) is 53.9 Å². The maximum absolute atomic E-state index is 5.62. The lowest BCUT2D eigenvalue weighted by Crippen LogP contribution is -2.33. The standard InChI is InChI=1S/C13H20BrNOS/c1-2-7-15-13(10-4-3-8-16-9-10)11-5-6-12(14)17-11/h5-6,10,13,15H,2-4,7-9H2,1H3. The molecule has 17 heavy (non-hydrogen) atoms. The van der Waals surface area contributed by atoms with Gasteiger partial charge in [0.15, 0.2) is 0 Å². The Hall–Kier alpha value is 0.1000. The molecule has 1 saturated heterocycles. The average molecular weight is 318 g/mol. The minimum absolute atomic E-state index is 0.464. The smallest absolute Gasteiger partial charge is 0.0701 e. The largest absolute Gasteiger partial charge is 0.381 e. The third-order valence-electron chi connectivity index (χ3n) is 3.18. The maximum atomic E-state index is 5.62. The van der Waals surface area contributed by atoms with E-state index in [1.165, 1.54) is 27.9 Å². The minimum atomic E-state index is 0.464. The molecule has 1 fully saturated rings. The molecule has 96 valence electrons. The summed E-state index contributed by atoms with van der Waals surface area (Å²) >= 11 is 5.39. The van der Waals surface area contributed by atoms with Crippen LogP contribution in [0.2, 0.25) is 0 Å². The molecule has 2 nitrogen and oxygen atoms in total. The van der Waals surface area contributed by atoms with Gasteiger partial charge in [-0.15, -0.1) is 11.3 Å². The SMILES string of the molecule is CCCNC(c1ccc(Br)s1)C1CCCOC1. The van der Waals surface area contributed by atoms with Gasteiger partial charge < -0.3 is 10.1 Å². The fourth-order valence-electron chi connectivity index (χ4n) is 2.32. The van der Waals surface area contributed by atoms with E-state index in [0.29, 0.717) is 12.0 Å². The van der Waals surface area contributed by atoms with Crippen molar-refractivity contribution in [3.8, 4) is 0 Å². The first-order valence-corrected chi connectivity index (χ1v) is 7.98. The van der Waals surface area contributed by atoms with Crippen LogP contribution < -0.4 is 5.32 Å². The number of rotatable bonds is 5. The Morgan fingerprint density at radius 3 is 3.06 bits per heavy atom. The summed E-state index contributed by atoms with van der Waals surface area (Å²) in [4.78, 5) is 1.43. The zero-order valence-corrected chi connectivity index (χ0v) is 12.6. The predicted octanol–water partition coefficient (Wildman–Crippen LogP) is 3.98. The van der Waals surface area contributed by atoms with Gasteiger partial charge in [-0.3, -0.25) is 0 Å². The first kappa shape index (κ1) is 13.5. The second-order valence-electron chi connectivity index (χ2n) is 4.55. The lowest BCUT2D eigenvalue weighted by atomic mass is 9.92. The lowest BCUT2D eigenvalue weighted by Gasteiger charge is -2.30.